The molecule has 0 saturated carbocycles. The third-order valence-corrected chi connectivity index (χ3v) is 4.69. The van der Waals surface area contributed by atoms with Gasteiger partial charge in [-0.3, -0.25) is 14.9 Å². The molecule has 1 amide bonds. The zero-order valence-electron chi connectivity index (χ0n) is 18.8. The van der Waals surface area contributed by atoms with E-state index < -0.39 is 29.6 Å². The lowest BCUT2D eigenvalue weighted by molar-refractivity contribution is -0.384. The molecule has 0 spiro atoms. The number of hydrogen-bond donors (Lipinski definition) is 1. The lowest BCUT2D eigenvalue weighted by Gasteiger charge is -2.19. The van der Waals surface area contributed by atoms with E-state index in [2.05, 4.69) is 31.2 Å². The van der Waals surface area contributed by atoms with Gasteiger partial charge in [0.2, 0.25) is 0 Å². The van der Waals surface area contributed by atoms with Gasteiger partial charge in [-0.1, -0.05) is 32.9 Å². The van der Waals surface area contributed by atoms with Gasteiger partial charge in [-0.05, 0) is 29.2 Å². The Labute approximate surface area is 194 Å². The molecule has 1 N–H and O–H groups in total. The maximum atomic E-state index is 12.5. The SMILES string of the molecule is CC(C)(C)c1ccc(OCn2ccc(C(=O)Nc3cc(OCC(F)F)cc([N+](=O)[O-])c3)n2)cc1. The van der Waals surface area contributed by atoms with Gasteiger partial charge in [-0.25, -0.2) is 13.5 Å². The van der Waals surface area contributed by atoms with Gasteiger partial charge < -0.3 is 14.8 Å². The van der Waals surface area contributed by atoms with Crippen LogP contribution in [0.15, 0.2) is 54.7 Å². The average Bonchev–Trinajstić information content (AvgIpc) is 3.25. The molecule has 3 rings (SSSR count). The predicted molar refractivity (Wildman–Crippen MR) is 121 cm³/mol. The number of aromatic nitrogens is 2. The molecule has 1 aromatic heterocycles. The molecule has 2 aromatic carbocycles. The van der Waals surface area contributed by atoms with E-state index in [1.54, 1.807) is 6.20 Å². The molecule has 0 aliphatic heterocycles. The Balaban J connectivity index is 1.64. The maximum absolute atomic E-state index is 12.5. The van der Waals surface area contributed by atoms with Crippen molar-refractivity contribution in [2.24, 2.45) is 0 Å². The number of non-ortho nitro benzene ring substituents is 1. The van der Waals surface area contributed by atoms with Crippen molar-refractivity contribution >= 4 is 17.3 Å². The third-order valence-electron chi connectivity index (χ3n) is 4.69. The number of carbonyl (C=O) groups excluding carboxylic acids is 1. The Kier molecular flexibility index (Phi) is 7.44. The standard InChI is InChI=1S/C23H24F2N4O5/c1-23(2,3)15-4-6-18(7-5-15)34-14-28-9-8-20(27-28)22(30)26-16-10-17(29(31)32)12-19(11-16)33-13-21(24)25/h4-12,21H,13-14H2,1-3H3,(H,26,30). The van der Waals surface area contributed by atoms with Gasteiger partial charge in [0, 0.05) is 18.3 Å². The number of rotatable bonds is 9. The molecule has 9 nitrogen and oxygen atoms in total. The van der Waals surface area contributed by atoms with Crippen LogP contribution < -0.4 is 14.8 Å². The van der Waals surface area contributed by atoms with Gasteiger partial charge in [0.25, 0.3) is 18.0 Å². The van der Waals surface area contributed by atoms with E-state index in [4.69, 9.17) is 9.47 Å². The summed E-state index contributed by atoms with van der Waals surface area (Å²) >= 11 is 0. The van der Waals surface area contributed by atoms with E-state index in [1.165, 1.54) is 22.4 Å². The van der Waals surface area contributed by atoms with Crippen molar-refractivity contribution in [1.82, 2.24) is 9.78 Å². The number of benzene rings is 2. The fourth-order valence-electron chi connectivity index (χ4n) is 2.95. The second-order valence-electron chi connectivity index (χ2n) is 8.42. The van der Waals surface area contributed by atoms with Crippen LogP contribution in [0, 0.1) is 10.1 Å². The molecule has 0 fully saturated rings. The summed E-state index contributed by atoms with van der Waals surface area (Å²) in [4.78, 5) is 22.9. The molecule has 11 heteroatoms. The van der Waals surface area contributed by atoms with Gasteiger partial charge in [-0.2, -0.15) is 5.10 Å². The van der Waals surface area contributed by atoms with Gasteiger partial charge in [0.15, 0.2) is 12.4 Å². The molecule has 0 saturated heterocycles. The van der Waals surface area contributed by atoms with Crippen LogP contribution in [0.3, 0.4) is 0 Å². The van der Waals surface area contributed by atoms with Crippen LogP contribution in [0.1, 0.15) is 36.8 Å². The zero-order chi connectivity index (χ0) is 24.9. The molecule has 0 aliphatic carbocycles. The minimum absolute atomic E-state index is 0.00760. The molecule has 180 valence electrons. The highest BCUT2D eigenvalue weighted by molar-refractivity contribution is 6.03. The first-order chi connectivity index (χ1) is 16.0. The Morgan fingerprint density at radius 1 is 1.12 bits per heavy atom. The summed E-state index contributed by atoms with van der Waals surface area (Å²) < 4.78 is 36.8. The van der Waals surface area contributed by atoms with Crippen LogP contribution >= 0.6 is 0 Å². The van der Waals surface area contributed by atoms with Crippen molar-refractivity contribution in [3.8, 4) is 11.5 Å². The number of nitro groups is 1. The van der Waals surface area contributed by atoms with Crippen LogP contribution in [-0.2, 0) is 12.1 Å². The fraction of sp³-hybridized carbons (Fsp3) is 0.304. The summed E-state index contributed by atoms with van der Waals surface area (Å²) in [5.41, 5.74) is 0.819. The van der Waals surface area contributed by atoms with Crippen molar-refractivity contribution in [2.75, 3.05) is 11.9 Å². The van der Waals surface area contributed by atoms with Crippen LogP contribution in [-0.4, -0.2) is 33.6 Å². The van der Waals surface area contributed by atoms with Crippen molar-refractivity contribution < 1.29 is 28.0 Å². The van der Waals surface area contributed by atoms with Gasteiger partial charge in [0.1, 0.15) is 18.1 Å². The highest BCUT2D eigenvalue weighted by Crippen LogP contribution is 2.27. The predicted octanol–water partition coefficient (Wildman–Crippen LogP) is 5.02. The van der Waals surface area contributed by atoms with E-state index in [9.17, 15) is 23.7 Å². The molecule has 1 heterocycles. The van der Waals surface area contributed by atoms with Crippen molar-refractivity contribution in [1.29, 1.82) is 0 Å². The number of nitrogens with zero attached hydrogens (tertiary/aromatic N) is 3. The quantitative estimate of drug-likeness (QED) is 0.345. The largest absolute Gasteiger partial charge is 0.487 e. The van der Waals surface area contributed by atoms with E-state index >= 15 is 0 Å². The molecule has 0 unspecified atom stereocenters. The number of hydrogen-bond acceptors (Lipinski definition) is 6. The van der Waals surface area contributed by atoms with Crippen LogP contribution in [0.5, 0.6) is 11.5 Å². The number of amides is 1. The van der Waals surface area contributed by atoms with E-state index in [1.807, 2.05) is 24.3 Å². The van der Waals surface area contributed by atoms with E-state index in [0.29, 0.717) is 5.75 Å². The maximum Gasteiger partial charge on any atom is 0.276 e. The Morgan fingerprint density at radius 3 is 2.44 bits per heavy atom. The fourth-order valence-corrected chi connectivity index (χ4v) is 2.95. The second kappa shape index (κ2) is 10.3. The number of ether oxygens (including phenoxy) is 2. The summed E-state index contributed by atoms with van der Waals surface area (Å²) in [5, 5.41) is 17.7. The first kappa shape index (κ1) is 24.6. The highest BCUT2D eigenvalue weighted by atomic mass is 19.3. The third kappa shape index (κ3) is 6.74. The molecule has 0 radical (unpaired) electrons. The molecule has 0 bridgehead atoms. The lowest BCUT2D eigenvalue weighted by Crippen LogP contribution is -2.15. The minimum atomic E-state index is -2.75. The Bertz CT molecular complexity index is 1160. The van der Waals surface area contributed by atoms with E-state index in [0.717, 1.165) is 12.1 Å². The topological polar surface area (TPSA) is 109 Å². The first-order valence-electron chi connectivity index (χ1n) is 10.3. The summed E-state index contributed by atoms with van der Waals surface area (Å²) in [6.45, 7) is 5.47. The molecular formula is C23H24F2N4O5. The number of nitrogens with one attached hydrogen (secondary N) is 1. The molecule has 3 aromatic rings. The van der Waals surface area contributed by atoms with Crippen molar-refractivity contribution in [3.63, 3.8) is 0 Å². The summed E-state index contributed by atoms with van der Waals surface area (Å²) in [5.74, 6) is -0.169. The molecule has 0 atom stereocenters. The Morgan fingerprint density at radius 2 is 1.82 bits per heavy atom. The minimum Gasteiger partial charge on any atom is -0.487 e. The monoisotopic (exact) mass is 474 g/mol. The van der Waals surface area contributed by atoms with Gasteiger partial charge in [-0.15, -0.1) is 0 Å². The molecule has 0 aliphatic rings. The molecular weight excluding hydrogens is 450 g/mol. The summed E-state index contributed by atoms with van der Waals surface area (Å²) in [7, 11) is 0. The summed E-state index contributed by atoms with van der Waals surface area (Å²) in [6, 6.07) is 12.4. The van der Waals surface area contributed by atoms with Crippen LogP contribution in [0.2, 0.25) is 0 Å². The van der Waals surface area contributed by atoms with Gasteiger partial charge >= 0.3 is 0 Å². The number of halogens is 2. The smallest absolute Gasteiger partial charge is 0.276 e. The van der Waals surface area contributed by atoms with E-state index in [-0.39, 0.29) is 29.3 Å². The normalized spacial score (nSPS) is 11.4. The van der Waals surface area contributed by atoms with Gasteiger partial charge in [0.05, 0.1) is 16.7 Å². The lowest BCUT2D eigenvalue weighted by atomic mass is 9.87. The Hall–Kier alpha value is -4.02. The highest BCUT2D eigenvalue weighted by Gasteiger charge is 2.16. The zero-order valence-corrected chi connectivity index (χ0v) is 18.8. The van der Waals surface area contributed by atoms with Crippen LogP contribution in [0.4, 0.5) is 20.2 Å². The van der Waals surface area contributed by atoms with Crippen molar-refractivity contribution in [3.05, 3.63) is 76.1 Å². The molecule has 34 heavy (non-hydrogen) atoms. The first-order valence-corrected chi connectivity index (χ1v) is 10.3. The number of carbonyl (C=O) groups is 1. The number of anilines is 1. The average molecular weight is 474 g/mol. The van der Waals surface area contributed by atoms with Crippen molar-refractivity contribution in [2.45, 2.75) is 39.3 Å². The summed E-state index contributed by atoms with van der Waals surface area (Å²) in [6.07, 6.45) is -1.21. The van der Waals surface area contributed by atoms with Crippen LogP contribution in [0.25, 0.3) is 0 Å². The number of alkyl halides is 2. The number of nitro benzene ring substituents is 1. The second-order valence-corrected chi connectivity index (χ2v) is 8.42.